The zero-order valence-corrected chi connectivity index (χ0v) is 29.3. The third-order valence-electron chi connectivity index (χ3n) is 8.61. The summed E-state index contributed by atoms with van der Waals surface area (Å²) in [7, 11) is -3.81. The second-order valence-corrected chi connectivity index (χ2v) is 14.6. The molecule has 0 fully saturated rings. The predicted octanol–water partition coefficient (Wildman–Crippen LogP) is 6.71. The van der Waals surface area contributed by atoms with Crippen LogP contribution in [0.5, 0.6) is 5.75 Å². The summed E-state index contributed by atoms with van der Waals surface area (Å²) in [5.41, 5.74) is 8.23. The molecule has 2 atom stereocenters. The number of benzene rings is 5. The summed E-state index contributed by atoms with van der Waals surface area (Å²) in [6.07, 6.45) is -0.644. The van der Waals surface area contributed by atoms with Gasteiger partial charge in [-0.25, -0.2) is 18.8 Å². The molecule has 5 aromatic rings. The van der Waals surface area contributed by atoms with Crippen LogP contribution in [0.4, 0.5) is 0 Å². The molecule has 5 aromatic carbocycles. The van der Waals surface area contributed by atoms with Gasteiger partial charge in [-0.1, -0.05) is 96.5 Å². The Hall–Kier alpha value is -5.00. The van der Waals surface area contributed by atoms with Crippen molar-refractivity contribution in [2.45, 2.75) is 35.9 Å². The van der Waals surface area contributed by atoms with Crippen LogP contribution in [0.3, 0.4) is 0 Å². The van der Waals surface area contributed by atoms with E-state index >= 15 is 0 Å². The maximum atomic E-state index is 14.5. The van der Waals surface area contributed by atoms with E-state index in [1.807, 2.05) is 66.7 Å². The molecule has 262 valence electrons. The molecule has 9 nitrogen and oxygen atoms in total. The summed E-state index contributed by atoms with van der Waals surface area (Å²) in [4.78, 5) is 19.6. The van der Waals surface area contributed by atoms with Crippen molar-refractivity contribution in [1.82, 2.24) is 10.9 Å². The summed E-state index contributed by atoms with van der Waals surface area (Å²) in [6.45, 7) is 0.665. The highest BCUT2D eigenvalue weighted by Crippen LogP contribution is 2.43. The van der Waals surface area contributed by atoms with Crippen LogP contribution < -0.4 is 15.6 Å². The SMILES string of the molecule is O=C(NNCc1ccc(Cl)cc1)[C@@]1(CCS(=O)(=O)c2ccccc2)N=C(c2ccc(OCCCO)cc2)O[C@H]1c1ccc(-c2ccccc2)cc1. The molecule has 0 aromatic heterocycles. The Morgan fingerprint density at radius 1 is 0.824 bits per heavy atom. The third-order valence-corrected chi connectivity index (χ3v) is 10.6. The predicted molar refractivity (Wildman–Crippen MR) is 198 cm³/mol. The molecule has 1 aliphatic rings. The number of carbonyl (C=O) groups is 1. The molecule has 1 amide bonds. The fourth-order valence-corrected chi connectivity index (χ4v) is 7.34. The molecule has 0 saturated heterocycles. The largest absolute Gasteiger partial charge is 0.494 e. The van der Waals surface area contributed by atoms with Gasteiger partial charge in [0.25, 0.3) is 5.91 Å². The number of nitrogens with zero attached hydrogens (tertiary/aromatic N) is 1. The molecule has 0 spiro atoms. The van der Waals surface area contributed by atoms with E-state index in [1.165, 1.54) is 0 Å². The van der Waals surface area contributed by atoms with Crippen molar-refractivity contribution in [3.8, 4) is 16.9 Å². The molecule has 0 radical (unpaired) electrons. The Labute approximate surface area is 302 Å². The number of hydrogen-bond donors (Lipinski definition) is 3. The number of aliphatic hydroxyl groups is 1. The first-order chi connectivity index (χ1) is 24.8. The average Bonchev–Trinajstić information content (AvgIpc) is 3.57. The Bertz CT molecular complexity index is 2040. The van der Waals surface area contributed by atoms with Crippen molar-refractivity contribution >= 4 is 33.2 Å². The fourth-order valence-electron chi connectivity index (χ4n) is 5.82. The van der Waals surface area contributed by atoms with Crippen LogP contribution in [-0.2, 0) is 25.9 Å². The van der Waals surface area contributed by atoms with E-state index in [1.54, 1.807) is 66.7 Å². The second-order valence-electron chi connectivity index (χ2n) is 12.1. The van der Waals surface area contributed by atoms with Crippen LogP contribution in [0.15, 0.2) is 143 Å². The summed E-state index contributed by atoms with van der Waals surface area (Å²) in [5.74, 6) is -0.115. The highest BCUT2D eigenvalue weighted by atomic mass is 35.5. The summed E-state index contributed by atoms with van der Waals surface area (Å²) >= 11 is 6.05. The van der Waals surface area contributed by atoms with Gasteiger partial charge >= 0.3 is 0 Å². The van der Waals surface area contributed by atoms with E-state index in [4.69, 9.17) is 31.2 Å². The van der Waals surface area contributed by atoms with E-state index in [9.17, 15) is 13.2 Å². The zero-order chi connectivity index (χ0) is 35.7. The molecular formula is C40H38ClN3O6S. The van der Waals surface area contributed by atoms with Crippen molar-refractivity contribution in [3.63, 3.8) is 0 Å². The molecule has 3 N–H and O–H groups in total. The van der Waals surface area contributed by atoms with E-state index in [0.29, 0.717) is 34.9 Å². The topological polar surface area (TPSA) is 126 Å². The highest BCUT2D eigenvalue weighted by molar-refractivity contribution is 7.91. The Balaban J connectivity index is 1.37. The Morgan fingerprint density at radius 3 is 2.12 bits per heavy atom. The molecule has 11 heteroatoms. The lowest BCUT2D eigenvalue weighted by molar-refractivity contribution is -0.130. The molecule has 0 saturated carbocycles. The number of carbonyl (C=O) groups excluding carboxylic acids is 1. The number of amides is 1. The van der Waals surface area contributed by atoms with Crippen molar-refractivity contribution in [3.05, 3.63) is 155 Å². The molecule has 1 aliphatic heterocycles. The Morgan fingerprint density at radius 2 is 1.45 bits per heavy atom. The molecule has 0 unspecified atom stereocenters. The quantitative estimate of drug-likeness (QED) is 0.0810. The summed E-state index contributed by atoms with van der Waals surface area (Å²) in [6, 6.07) is 40.0. The first kappa shape index (κ1) is 35.8. The number of hydrazine groups is 1. The number of rotatable bonds is 15. The maximum Gasteiger partial charge on any atom is 0.266 e. The van der Waals surface area contributed by atoms with Gasteiger partial charge in [-0.3, -0.25) is 10.2 Å². The van der Waals surface area contributed by atoms with Gasteiger partial charge in [-0.05, 0) is 70.8 Å². The van der Waals surface area contributed by atoms with Crippen molar-refractivity contribution in [2.75, 3.05) is 19.0 Å². The number of aliphatic hydroxyl groups excluding tert-OH is 1. The number of nitrogens with one attached hydrogen (secondary N) is 2. The highest BCUT2D eigenvalue weighted by Gasteiger charge is 2.53. The molecule has 6 rings (SSSR count). The minimum absolute atomic E-state index is 0.0230. The lowest BCUT2D eigenvalue weighted by atomic mass is 9.84. The molecule has 51 heavy (non-hydrogen) atoms. The van der Waals surface area contributed by atoms with Crippen LogP contribution in [0.25, 0.3) is 11.1 Å². The van der Waals surface area contributed by atoms with Crippen LogP contribution in [-0.4, -0.2) is 49.8 Å². The van der Waals surface area contributed by atoms with Gasteiger partial charge in [0.1, 0.15) is 5.75 Å². The minimum Gasteiger partial charge on any atom is -0.494 e. The van der Waals surface area contributed by atoms with Crippen molar-refractivity contribution in [1.29, 1.82) is 0 Å². The van der Waals surface area contributed by atoms with Gasteiger partial charge in [-0.2, -0.15) is 0 Å². The standard InChI is InChI=1S/C40H38ClN3O6S/c41-34-20-12-29(13-21-34)28-42-44-39(46)40(24-27-51(47,48)36-10-5-2-6-11-36)37(32-16-14-31(15-17-32)30-8-3-1-4-9-30)50-38(43-40)33-18-22-35(23-19-33)49-26-7-25-45/h1-6,8-23,37,42,45H,7,24-28H2,(H,44,46)/t37-,40-/m0/s1. The van der Waals surface area contributed by atoms with E-state index < -0.39 is 27.4 Å². The van der Waals surface area contributed by atoms with Gasteiger partial charge in [-0.15, -0.1) is 0 Å². The minimum atomic E-state index is -3.81. The van der Waals surface area contributed by atoms with Gasteiger partial charge in [0.15, 0.2) is 21.5 Å². The van der Waals surface area contributed by atoms with Gasteiger partial charge < -0.3 is 14.6 Å². The van der Waals surface area contributed by atoms with E-state index in [-0.39, 0.29) is 36.1 Å². The maximum absolute atomic E-state index is 14.5. The molecule has 0 bridgehead atoms. The normalized spacial score (nSPS) is 17.0. The summed E-state index contributed by atoms with van der Waals surface area (Å²) in [5, 5.41) is 9.70. The number of ether oxygens (including phenoxy) is 2. The number of sulfone groups is 1. The van der Waals surface area contributed by atoms with Crippen LogP contribution in [0, 0.1) is 0 Å². The monoisotopic (exact) mass is 723 g/mol. The first-order valence-corrected chi connectivity index (χ1v) is 18.6. The van der Waals surface area contributed by atoms with E-state index in [0.717, 1.165) is 16.7 Å². The zero-order valence-electron chi connectivity index (χ0n) is 27.7. The third kappa shape index (κ3) is 8.66. The van der Waals surface area contributed by atoms with Crippen molar-refractivity contribution in [2.24, 2.45) is 4.99 Å². The van der Waals surface area contributed by atoms with Crippen molar-refractivity contribution < 1.29 is 27.8 Å². The Kier molecular flexibility index (Phi) is 11.5. The van der Waals surface area contributed by atoms with Crippen LogP contribution in [0.1, 0.15) is 35.6 Å². The molecular weight excluding hydrogens is 686 g/mol. The number of aliphatic imine (C=N–C) groups is 1. The lowest BCUT2D eigenvalue weighted by Gasteiger charge is -2.30. The van der Waals surface area contributed by atoms with E-state index in [2.05, 4.69) is 10.9 Å². The smallest absolute Gasteiger partial charge is 0.266 e. The average molecular weight is 724 g/mol. The van der Waals surface area contributed by atoms with Gasteiger partial charge in [0.2, 0.25) is 5.90 Å². The molecule has 0 aliphatic carbocycles. The molecule has 1 heterocycles. The van der Waals surface area contributed by atoms with Crippen LogP contribution >= 0.6 is 11.6 Å². The summed E-state index contributed by atoms with van der Waals surface area (Å²) < 4.78 is 39.6. The number of halogens is 1. The van der Waals surface area contributed by atoms with Gasteiger partial charge in [0, 0.05) is 36.6 Å². The number of hydrogen-bond acceptors (Lipinski definition) is 8. The second kappa shape index (κ2) is 16.3. The van der Waals surface area contributed by atoms with Crippen LogP contribution in [0.2, 0.25) is 5.02 Å². The van der Waals surface area contributed by atoms with Gasteiger partial charge in [0.05, 0.1) is 17.3 Å². The first-order valence-electron chi connectivity index (χ1n) is 16.6. The lowest BCUT2D eigenvalue weighted by Crippen LogP contribution is -2.53. The fraction of sp³-hybridized carbons (Fsp3) is 0.200.